The van der Waals surface area contributed by atoms with Crippen LogP contribution in [0.2, 0.25) is 0 Å². The van der Waals surface area contributed by atoms with E-state index >= 15 is 0 Å². The van der Waals surface area contributed by atoms with Crippen molar-refractivity contribution in [3.8, 4) is 5.69 Å². The molecule has 0 aliphatic rings. The molecular formula is C18H16FN3O. The molecule has 0 spiro atoms. The Morgan fingerprint density at radius 1 is 1.09 bits per heavy atom. The number of nitrogens with one attached hydrogen (secondary N) is 1. The monoisotopic (exact) mass is 309 g/mol. The van der Waals surface area contributed by atoms with Crippen LogP contribution in [-0.4, -0.2) is 22.2 Å². The Kier molecular flexibility index (Phi) is 4.47. The zero-order valence-corrected chi connectivity index (χ0v) is 12.4. The summed E-state index contributed by atoms with van der Waals surface area (Å²) >= 11 is 0. The van der Waals surface area contributed by atoms with Gasteiger partial charge in [-0.1, -0.05) is 18.2 Å². The number of amides is 1. The maximum Gasteiger partial charge on any atom is 0.251 e. The minimum Gasteiger partial charge on any atom is -0.352 e. The molecule has 0 fully saturated rings. The van der Waals surface area contributed by atoms with Crippen LogP contribution >= 0.6 is 0 Å². The third kappa shape index (κ3) is 3.83. The first-order valence-corrected chi connectivity index (χ1v) is 7.35. The SMILES string of the molecule is O=C(NCCc1cnn(-c2ccccc2)c1)c1ccc(F)cc1. The average molecular weight is 309 g/mol. The molecule has 116 valence electrons. The molecule has 1 N–H and O–H groups in total. The van der Waals surface area contributed by atoms with Gasteiger partial charge in [0.2, 0.25) is 0 Å². The van der Waals surface area contributed by atoms with Crippen molar-refractivity contribution in [2.75, 3.05) is 6.54 Å². The highest BCUT2D eigenvalue weighted by atomic mass is 19.1. The van der Waals surface area contributed by atoms with E-state index in [0.29, 0.717) is 18.5 Å². The fourth-order valence-corrected chi connectivity index (χ4v) is 2.23. The average Bonchev–Trinajstić information content (AvgIpc) is 3.05. The number of nitrogens with zero attached hydrogens (tertiary/aromatic N) is 2. The Balaban J connectivity index is 1.54. The van der Waals surface area contributed by atoms with Gasteiger partial charge in [0.1, 0.15) is 5.82 Å². The molecule has 1 heterocycles. The lowest BCUT2D eigenvalue weighted by atomic mass is 10.2. The highest BCUT2D eigenvalue weighted by molar-refractivity contribution is 5.94. The highest BCUT2D eigenvalue weighted by Crippen LogP contribution is 2.08. The second kappa shape index (κ2) is 6.87. The van der Waals surface area contributed by atoms with E-state index in [-0.39, 0.29) is 11.7 Å². The van der Waals surface area contributed by atoms with Gasteiger partial charge in [0.25, 0.3) is 5.91 Å². The summed E-state index contributed by atoms with van der Waals surface area (Å²) < 4.78 is 14.6. The molecule has 0 unspecified atom stereocenters. The number of hydrogen-bond donors (Lipinski definition) is 1. The van der Waals surface area contributed by atoms with Gasteiger partial charge >= 0.3 is 0 Å². The Hall–Kier alpha value is -2.95. The number of aromatic nitrogens is 2. The Morgan fingerprint density at radius 3 is 2.57 bits per heavy atom. The fraction of sp³-hybridized carbons (Fsp3) is 0.111. The summed E-state index contributed by atoms with van der Waals surface area (Å²) in [7, 11) is 0. The largest absolute Gasteiger partial charge is 0.352 e. The van der Waals surface area contributed by atoms with Gasteiger partial charge in [-0.25, -0.2) is 9.07 Å². The van der Waals surface area contributed by atoms with Crippen LogP contribution in [0.15, 0.2) is 67.0 Å². The van der Waals surface area contributed by atoms with Gasteiger partial charge in [0, 0.05) is 18.3 Å². The van der Waals surface area contributed by atoms with Gasteiger partial charge in [-0.3, -0.25) is 4.79 Å². The van der Waals surface area contributed by atoms with Crippen molar-refractivity contribution in [3.63, 3.8) is 0 Å². The summed E-state index contributed by atoms with van der Waals surface area (Å²) in [5.41, 5.74) is 2.48. The Bertz CT molecular complexity index is 782. The highest BCUT2D eigenvalue weighted by Gasteiger charge is 2.06. The number of carbonyl (C=O) groups excluding carboxylic acids is 1. The van der Waals surface area contributed by atoms with Crippen LogP contribution in [0.25, 0.3) is 5.69 Å². The summed E-state index contributed by atoms with van der Waals surface area (Å²) in [5.74, 6) is -0.560. The van der Waals surface area contributed by atoms with Crippen LogP contribution in [0.3, 0.4) is 0 Å². The van der Waals surface area contributed by atoms with Crippen LogP contribution in [0, 0.1) is 5.82 Å². The molecule has 1 amide bonds. The predicted octanol–water partition coefficient (Wildman–Crippen LogP) is 2.98. The van der Waals surface area contributed by atoms with Crippen molar-refractivity contribution in [1.82, 2.24) is 15.1 Å². The quantitative estimate of drug-likeness (QED) is 0.787. The molecule has 0 saturated carbocycles. The number of carbonyl (C=O) groups is 1. The topological polar surface area (TPSA) is 46.9 Å². The number of halogens is 1. The third-order valence-corrected chi connectivity index (χ3v) is 3.46. The van der Waals surface area contributed by atoms with Crippen LogP contribution in [0.4, 0.5) is 4.39 Å². The normalized spacial score (nSPS) is 10.5. The predicted molar refractivity (Wildman–Crippen MR) is 86.0 cm³/mol. The zero-order valence-electron chi connectivity index (χ0n) is 12.4. The van der Waals surface area contributed by atoms with Gasteiger partial charge in [0.05, 0.1) is 11.9 Å². The van der Waals surface area contributed by atoms with E-state index in [1.54, 1.807) is 10.9 Å². The molecule has 3 rings (SSSR count). The number of hydrogen-bond acceptors (Lipinski definition) is 2. The van der Waals surface area contributed by atoms with E-state index < -0.39 is 0 Å². The lowest BCUT2D eigenvalue weighted by Crippen LogP contribution is -2.25. The molecule has 0 bridgehead atoms. The minimum atomic E-state index is -0.352. The molecular weight excluding hydrogens is 293 g/mol. The Morgan fingerprint density at radius 2 is 1.83 bits per heavy atom. The van der Waals surface area contributed by atoms with E-state index in [2.05, 4.69) is 10.4 Å². The molecule has 4 nitrogen and oxygen atoms in total. The van der Waals surface area contributed by atoms with E-state index in [9.17, 15) is 9.18 Å². The van der Waals surface area contributed by atoms with Crippen molar-refractivity contribution in [2.45, 2.75) is 6.42 Å². The molecule has 0 aliphatic carbocycles. The standard InChI is InChI=1S/C18H16FN3O/c19-16-8-6-15(7-9-16)18(23)20-11-10-14-12-21-22(13-14)17-4-2-1-3-5-17/h1-9,12-13H,10-11H2,(H,20,23). The van der Waals surface area contributed by atoms with Crippen LogP contribution in [0.1, 0.15) is 15.9 Å². The Labute approximate surface area is 133 Å². The number of rotatable bonds is 5. The molecule has 0 radical (unpaired) electrons. The molecule has 5 heteroatoms. The second-order valence-electron chi connectivity index (χ2n) is 5.14. The fourth-order valence-electron chi connectivity index (χ4n) is 2.23. The van der Waals surface area contributed by atoms with Gasteiger partial charge in [-0.15, -0.1) is 0 Å². The first kappa shape index (κ1) is 15.0. The maximum absolute atomic E-state index is 12.8. The van der Waals surface area contributed by atoms with Crippen molar-refractivity contribution >= 4 is 5.91 Å². The summed E-state index contributed by atoms with van der Waals surface area (Å²) in [5, 5.41) is 7.13. The number of para-hydroxylation sites is 1. The first-order chi connectivity index (χ1) is 11.2. The van der Waals surface area contributed by atoms with Crippen LogP contribution in [0.5, 0.6) is 0 Å². The summed E-state index contributed by atoms with van der Waals surface area (Å²) in [4.78, 5) is 11.9. The van der Waals surface area contributed by atoms with Crippen molar-refractivity contribution < 1.29 is 9.18 Å². The molecule has 3 aromatic rings. The van der Waals surface area contributed by atoms with E-state index in [4.69, 9.17) is 0 Å². The van der Waals surface area contributed by atoms with Gasteiger partial charge in [-0.05, 0) is 48.4 Å². The van der Waals surface area contributed by atoms with Gasteiger partial charge < -0.3 is 5.32 Å². The third-order valence-electron chi connectivity index (χ3n) is 3.46. The lowest BCUT2D eigenvalue weighted by Gasteiger charge is -2.04. The summed E-state index contributed by atoms with van der Waals surface area (Å²) in [6, 6.07) is 15.3. The summed E-state index contributed by atoms with van der Waals surface area (Å²) in [6.45, 7) is 0.497. The first-order valence-electron chi connectivity index (χ1n) is 7.35. The second-order valence-corrected chi connectivity index (χ2v) is 5.14. The zero-order chi connectivity index (χ0) is 16.1. The lowest BCUT2D eigenvalue weighted by molar-refractivity contribution is 0.0954. The van der Waals surface area contributed by atoms with Crippen LogP contribution in [-0.2, 0) is 6.42 Å². The van der Waals surface area contributed by atoms with E-state index in [1.807, 2.05) is 36.5 Å². The van der Waals surface area contributed by atoms with Crippen molar-refractivity contribution in [1.29, 1.82) is 0 Å². The van der Waals surface area contributed by atoms with Gasteiger partial charge in [0.15, 0.2) is 0 Å². The van der Waals surface area contributed by atoms with E-state index in [0.717, 1.165) is 11.3 Å². The summed E-state index contributed by atoms with van der Waals surface area (Å²) in [6.07, 6.45) is 4.41. The molecule has 23 heavy (non-hydrogen) atoms. The smallest absolute Gasteiger partial charge is 0.251 e. The minimum absolute atomic E-state index is 0.208. The maximum atomic E-state index is 12.8. The van der Waals surface area contributed by atoms with Crippen LogP contribution < -0.4 is 5.32 Å². The molecule has 0 aliphatic heterocycles. The molecule has 0 atom stereocenters. The molecule has 2 aromatic carbocycles. The molecule has 1 aromatic heterocycles. The van der Waals surface area contributed by atoms with E-state index in [1.165, 1.54) is 24.3 Å². The van der Waals surface area contributed by atoms with Gasteiger partial charge in [-0.2, -0.15) is 5.10 Å². The van der Waals surface area contributed by atoms with Crippen molar-refractivity contribution in [3.05, 3.63) is 83.9 Å². The molecule has 0 saturated heterocycles. The van der Waals surface area contributed by atoms with Crippen molar-refractivity contribution in [2.24, 2.45) is 0 Å². The number of benzene rings is 2.